The number of hydrogen-bond acceptors (Lipinski definition) is 1. The minimum atomic E-state index is -4.56. The normalized spacial score (nSPS) is 18.1. The van der Waals surface area contributed by atoms with E-state index in [0.29, 0.717) is 11.3 Å². The lowest BCUT2D eigenvalue weighted by atomic mass is 9.77. The number of alkyl halides is 3. The van der Waals surface area contributed by atoms with Crippen molar-refractivity contribution in [3.05, 3.63) is 76.9 Å². The number of ether oxygens (including phenoxy) is 1. The summed E-state index contributed by atoms with van der Waals surface area (Å²) >= 11 is 0. The van der Waals surface area contributed by atoms with Crippen LogP contribution in [0.1, 0.15) is 74.5 Å². The molecular formula is C30H29F5O. The number of unbranched alkanes of at least 4 members (excludes halogenated alkanes) is 1. The molecule has 0 heterocycles. The number of hydrogen-bond donors (Lipinski definition) is 0. The average Bonchev–Trinajstić information content (AvgIpc) is 2.86. The van der Waals surface area contributed by atoms with Crippen LogP contribution in [0.2, 0.25) is 0 Å². The fourth-order valence-corrected chi connectivity index (χ4v) is 4.93. The molecule has 0 atom stereocenters. The molecule has 0 bridgehead atoms. The van der Waals surface area contributed by atoms with Gasteiger partial charge in [0.05, 0.1) is 5.56 Å². The largest absolute Gasteiger partial charge is 0.481 e. The molecule has 1 nitrogen and oxygen atoms in total. The summed E-state index contributed by atoms with van der Waals surface area (Å²) in [6, 6.07) is 12.7. The Morgan fingerprint density at radius 1 is 0.917 bits per heavy atom. The van der Waals surface area contributed by atoms with Gasteiger partial charge in [-0.05, 0) is 72.7 Å². The van der Waals surface area contributed by atoms with Crippen molar-refractivity contribution < 1.29 is 26.7 Å². The first-order valence-electron chi connectivity index (χ1n) is 12.5. The summed E-state index contributed by atoms with van der Waals surface area (Å²) in [7, 11) is 0. The van der Waals surface area contributed by atoms with Gasteiger partial charge in [0.25, 0.3) is 0 Å². The van der Waals surface area contributed by atoms with Gasteiger partial charge in [0.2, 0.25) is 0 Å². The van der Waals surface area contributed by atoms with E-state index >= 15 is 4.39 Å². The van der Waals surface area contributed by atoms with E-state index in [0.717, 1.165) is 23.4 Å². The molecule has 1 aliphatic rings. The van der Waals surface area contributed by atoms with Crippen molar-refractivity contribution in [3.8, 4) is 17.6 Å². The van der Waals surface area contributed by atoms with Gasteiger partial charge in [-0.3, -0.25) is 0 Å². The molecule has 0 aliphatic heterocycles. The van der Waals surface area contributed by atoms with Gasteiger partial charge in [0.15, 0.2) is 18.2 Å². The standard InChI is InChI=1S/C30H29F5O/c1-2-3-4-20-5-9-22(10-6-20)24-14-15-26-25(18-24)13-12-23(29(26)32)11-7-21-8-16-28(27(31)17-21)36-19-30(33,34)35/h8,12-18,20,22H,2-6,9-10,19H2,1H3. The van der Waals surface area contributed by atoms with E-state index in [1.54, 1.807) is 12.1 Å². The zero-order chi connectivity index (χ0) is 25.7. The molecule has 1 fully saturated rings. The van der Waals surface area contributed by atoms with Gasteiger partial charge in [0.1, 0.15) is 5.82 Å². The minimum absolute atomic E-state index is 0.171. The lowest BCUT2D eigenvalue weighted by Crippen LogP contribution is -2.19. The maximum Gasteiger partial charge on any atom is 0.422 e. The fourth-order valence-electron chi connectivity index (χ4n) is 4.93. The predicted molar refractivity (Wildman–Crippen MR) is 132 cm³/mol. The van der Waals surface area contributed by atoms with Crippen LogP contribution in [0.3, 0.4) is 0 Å². The summed E-state index contributed by atoms with van der Waals surface area (Å²) < 4.78 is 70.5. The van der Waals surface area contributed by atoms with E-state index in [-0.39, 0.29) is 11.1 Å². The Labute approximate surface area is 208 Å². The molecular weight excluding hydrogens is 471 g/mol. The molecule has 0 radical (unpaired) electrons. The highest BCUT2D eigenvalue weighted by molar-refractivity contribution is 5.85. The molecule has 6 heteroatoms. The van der Waals surface area contributed by atoms with Crippen LogP contribution in [0.15, 0.2) is 48.5 Å². The molecule has 0 aromatic heterocycles. The van der Waals surface area contributed by atoms with Gasteiger partial charge >= 0.3 is 6.18 Å². The molecule has 3 aromatic rings. The van der Waals surface area contributed by atoms with Gasteiger partial charge < -0.3 is 4.74 Å². The van der Waals surface area contributed by atoms with Crippen molar-refractivity contribution in [1.29, 1.82) is 0 Å². The van der Waals surface area contributed by atoms with E-state index in [1.165, 1.54) is 56.6 Å². The van der Waals surface area contributed by atoms with E-state index in [1.807, 2.05) is 12.1 Å². The second kappa shape index (κ2) is 11.3. The highest BCUT2D eigenvalue weighted by Crippen LogP contribution is 2.38. The summed E-state index contributed by atoms with van der Waals surface area (Å²) in [5.41, 5.74) is 1.62. The first kappa shape index (κ1) is 26.0. The molecule has 3 aromatic carbocycles. The zero-order valence-electron chi connectivity index (χ0n) is 20.2. The SMILES string of the molecule is CCCCC1CCC(c2ccc3c(F)c(C#Cc4ccc(OCC(F)(F)F)c(F)c4)ccc3c2)CC1. The fraction of sp³-hybridized carbons (Fsp3) is 0.400. The number of rotatable bonds is 6. The van der Waals surface area contributed by atoms with E-state index in [2.05, 4.69) is 29.6 Å². The second-order valence-electron chi connectivity index (χ2n) is 9.57. The first-order valence-corrected chi connectivity index (χ1v) is 12.5. The smallest absolute Gasteiger partial charge is 0.422 e. The molecule has 0 spiro atoms. The molecule has 4 rings (SSSR count). The van der Waals surface area contributed by atoms with Gasteiger partial charge in [-0.2, -0.15) is 13.2 Å². The van der Waals surface area contributed by atoms with Gasteiger partial charge in [-0.15, -0.1) is 0 Å². The van der Waals surface area contributed by atoms with Crippen LogP contribution < -0.4 is 4.74 Å². The quantitative estimate of drug-likeness (QED) is 0.243. The number of fused-ring (bicyclic) bond motifs is 1. The van der Waals surface area contributed by atoms with Crippen LogP contribution >= 0.6 is 0 Å². The van der Waals surface area contributed by atoms with Crippen molar-refractivity contribution in [2.75, 3.05) is 6.61 Å². The van der Waals surface area contributed by atoms with E-state index in [4.69, 9.17) is 0 Å². The van der Waals surface area contributed by atoms with Crippen LogP contribution in [0.4, 0.5) is 22.0 Å². The Morgan fingerprint density at radius 3 is 2.39 bits per heavy atom. The van der Waals surface area contributed by atoms with E-state index in [9.17, 15) is 17.6 Å². The Morgan fingerprint density at radius 2 is 1.69 bits per heavy atom. The summed E-state index contributed by atoms with van der Waals surface area (Å²) in [6.45, 7) is 0.647. The molecule has 0 amide bonds. The summed E-state index contributed by atoms with van der Waals surface area (Å²) in [5.74, 6) is 4.81. The third-order valence-electron chi connectivity index (χ3n) is 6.93. The third-order valence-corrected chi connectivity index (χ3v) is 6.93. The highest BCUT2D eigenvalue weighted by Gasteiger charge is 2.29. The first-order chi connectivity index (χ1) is 17.2. The number of benzene rings is 3. The van der Waals surface area contributed by atoms with Gasteiger partial charge in [-0.25, -0.2) is 8.78 Å². The maximum absolute atomic E-state index is 15.2. The van der Waals surface area contributed by atoms with Crippen LogP contribution in [-0.2, 0) is 0 Å². The van der Waals surface area contributed by atoms with Crippen LogP contribution in [0.5, 0.6) is 5.75 Å². The predicted octanol–water partition coefficient (Wildman–Crippen LogP) is 8.92. The summed E-state index contributed by atoms with van der Waals surface area (Å²) in [6.07, 6.45) is 4.14. The Bertz CT molecular complexity index is 1260. The lowest BCUT2D eigenvalue weighted by molar-refractivity contribution is -0.153. The highest BCUT2D eigenvalue weighted by atomic mass is 19.4. The maximum atomic E-state index is 15.2. The lowest BCUT2D eigenvalue weighted by Gasteiger charge is -2.29. The third kappa shape index (κ3) is 6.57. The summed E-state index contributed by atoms with van der Waals surface area (Å²) in [4.78, 5) is 0. The van der Waals surface area contributed by atoms with Crippen molar-refractivity contribution in [2.45, 2.75) is 64.0 Å². The minimum Gasteiger partial charge on any atom is -0.481 e. The molecule has 0 saturated heterocycles. The molecule has 1 aliphatic carbocycles. The van der Waals surface area contributed by atoms with Crippen molar-refractivity contribution in [3.63, 3.8) is 0 Å². The molecule has 1 saturated carbocycles. The second-order valence-corrected chi connectivity index (χ2v) is 9.57. The molecule has 0 N–H and O–H groups in total. The topological polar surface area (TPSA) is 9.23 Å². The number of halogens is 5. The monoisotopic (exact) mass is 500 g/mol. The van der Waals surface area contributed by atoms with Gasteiger partial charge in [-0.1, -0.05) is 62.3 Å². The van der Waals surface area contributed by atoms with Gasteiger partial charge in [0, 0.05) is 10.9 Å². The van der Waals surface area contributed by atoms with Crippen LogP contribution in [-0.4, -0.2) is 12.8 Å². The average molecular weight is 501 g/mol. The van der Waals surface area contributed by atoms with E-state index < -0.39 is 30.2 Å². The molecule has 0 unspecified atom stereocenters. The molecule has 190 valence electrons. The molecule has 36 heavy (non-hydrogen) atoms. The van der Waals surface area contributed by atoms with Crippen LogP contribution in [0, 0.1) is 29.4 Å². The van der Waals surface area contributed by atoms with Crippen LogP contribution in [0.25, 0.3) is 10.8 Å². The summed E-state index contributed by atoms with van der Waals surface area (Å²) in [5, 5.41) is 1.30. The Hall–Kier alpha value is -3.07. The van der Waals surface area contributed by atoms with Crippen molar-refractivity contribution >= 4 is 10.8 Å². The zero-order valence-corrected chi connectivity index (χ0v) is 20.2. The van der Waals surface area contributed by atoms with Crippen molar-refractivity contribution in [2.24, 2.45) is 5.92 Å². The Kier molecular flexibility index (Phi) is 8.18. The van der Waals surface area contributed by atoms with Crippen molar-refractivity contribution in [1.82, 2.24) is 0 Å². The Balaban J connectivity index is 1.47.